The topological polar surface area (TPSA) is 121 Å². The molecular formula is C16H17ClN4O5S. The Morgan fingerprint density at radius 3 is 2.78 bits per heavy atom. The molecule has 0 spiro atoms. The van der Waals surface area contributed by atoms with Crippen molar-refractivity contribution in [2.45, 2.75) is 17.7 Å². The highest BCUT2D eigenvalue weighted by Gasteiger charge is 2.29. The van der Waals surface area contributed by atoms with Crippen molar-refractivity contribution in [2.24, 2.45) is 0 Å². The van der Waals surface area contributed by atoms with E-state index in [9.17, 15) is 18.0 Å². The van der Waals surface area contributed by atoms with Crippen molar-refractivity contribution in [3.05, 3.63) is 41.4 Å². The molecule has 3 heterocycles. The van der Waals surface area contributed by atoms with E-state index in [2.05, 4.69) is 15.3 Å². The maximum absolute atomic E-state index is 12.4. The average Bonchev–Trinajstić information content (AvgIpc) is 3.34. The second-order valence-corrected chi connectivity index (χ2v) is 8.12. The van der Waals surface area contributed by atoms with Crippen LogP contribution in [0, 0.1) is 0 Å². The van der Waals surface area contributed by atoms with Gasteiger partial charge in [0.15, 0.2) is 11.8 Å². The molecule has 11 heteroatoms. The summed E-state index contributed by atoms with van der Waals surface area (Å²) in [5, 5.41) is 2.57. The number of nitrogens with one attached hydrogen (secondary N) is 2. The number of nitrogens with zero attached hydrogens (tertiary/aromatic N) is 2. The standard InChI is InChI=1S/C16H17ClN4O5S/c17-15-12(4-3-5-18-15)20-14(22)10-26-16(23)13-8-11(9-19-13)27(24,25)21-6-1-2-7-21/h3-5,8-9,19H,1-2,6-7,10H2,(H,20,22). The van der Waals surface area contributed by atoms with E-state index in [-0.39, 0.29) is 15.7 Å². The summed E-state index contributed by atoms with van der Waals surface area (Å²) < 4.78 is 31.2. The minimum atomic E-state index is -3.63. The van der Waals surface area contributed by atoms with Crippen LogP contribution in [0.1, 0.15) is 23.3 Å². The lowest BCUT2D eigenvalue weighted by molar-refractivity contribution is -0.119. The van der Waals surface area contributed by atoms with Crippen molar-refractivity contribution in [2.75, 3.05) is 25.0 Å². The molecule has 0 aromatic carbocycles. The fourth-order valence-electron chi connectivity index (χ4n) is 2.59. The van der Waals surface area contributed by atoms with Crippen LogP contribution in [-0.2, 0) is 19.6 Å². The number of amides is 1. The fraction of sp³-hybridized carbons (Fsp3) is 0.312. The predicted octanol–water partition coefficient (Wildman–Crippen LogP) is 1.64. The number of anilines is 1. The quantitative estimate of drug-likeness (QED) is 0.549. The van der Waals surface area contributed by atoms with Gasteiger partial charge in [-0.15, -0.1) is 0 Å². The van der Waals surface area contributed by atoms with Crippen LogP contribution in [-0.4, -0.2) is 54.3 Å². The Kier molecular flexibility index (Phi) is 5.78. The smallest absolute Gasteiger partial charge is 0.355 e. The lowest BCUT2D eigenvalue weighted by atomic mass is 10.4. The summed E-state index contributed by atoms with van der Waals surface area (Å²) in [6.45, 7) is 0.367. The first-order valence-corrected chi connectivity index (χ1v) is 9.96. The van der Waals surface area contributed by atoms with Crippen molar-refractivity contribution in [1.82, 2.24) is 14.3 Å². The van der Waals surface area contributed by atoms with E-state index in [1.54, 1.807) is 12.1 Å². The van der Waals surface area contributed by atoms with Crippen LogP contribution >= 0.6 is 11.6 Å². The highest BCUT2D eigenvalue weighted by Crippen LogP contribution is 2.21. The van der Waals surface area contributed by atoms with Gasteiger partial charge in [0.2, 0.25) is 10.0 Å². The average molecular weight is 413 g/mol. The molecule has 27 heavy (non-hydrogen) atoms. The molecule has 2 aromatic rings. The van der Waals surface area contributed by atoms with Crippen LogP contribution in [0.2, 0.25) is 5.15 Å². The normalized spacial score (nSPS) is 14.9. The highest BCUT2D eigenvalue weighted by molar-refractivity contribution is 7.89. The molecule has 0 radical (unpaired) electrons. The number of carbonyl (C=O) groups excluding carboxylic acids is 2. The van der Waals surface area contributed by atoms with Gasteiger partial charge in [-0.1, -0.05) is 11.6 Å². The molecule has 2 N–H and O–H groups in total. The SMILES string of the molecule is O=C(COC(=O)c1cc(S(=O)(=O)N2CCCC2)c[nH]1)Nc1cccnc1Cl. The number of aromatic amines is 1. The van der Waals surface area contributed by atoms with Crippen molar-refractivity contribution in [3.8, 4) is 0 Å². The predicted molar refractivity (Wildman–Crippen MR) is 96.9 cm³/mol. The van der Waals surface area contributed by atoms with Gasteiger partial charge in [-0.05, 0) is 31.0 Å². The van der Waals surface area contributed by atoms with Gasteiger partial charge in [-0.25, -0.2) is 18.2 Å². The van der Waals surface area contributed by atoms with Crippen LogP contribution in [0.15, 0.2) is 35.5 Å². The first-order valence-electron chi connectivity index (χ1n) is 8.14. The second kappa shape index (κ2) is 8.07. The molecule has 9 nitrogen and oxygen atoms in total. The molecule has 0 atom stereocenters. The Morgan fingerprint density at radius 1 is 1.33 bits per heavy atom. The number of ether oxygens (including phenoxy) is 1. The van der Waals surface area contributed by atoms with Gasteiger partial charge < -0.3 is 15.0 Å². The summed E-state index contributed by atoms with van der Waals surface area (Å²) in [5.74, 6) is -1.44. The largest absolute Gasteiger partial charge is 0.451 e. The van der Waals surface area contributed by atoms with E-state index >= 15 is 0 Å². The van der Waals surface area contributed by atoms with E-state index in [1.165, 1.54) is 22.8 Å². The summed E-state index contributed by atoms with van der Waals surface area (Å²) in [7, 11) is -3.63. The summed E-state index contributed by atoms with van der Waals surface area (Å²) >= 11 is 5.83. The maximum Gasteiger partial charge on any atom is 0.355 e. The number of pyridine rings is 1. The van der Waals surface area contributed by atoms with Gasteiger partial charge in [-0.2, -0.15) is 4.31 Å². The number of halogens is 1. The Labute approximate surface area is 160 Å². The summed E-state index contributed by atoms with van der Waals surface area (Å²) in [4.78, 5) is 30.3. The molecule has 0 aliphatic carbocycles. The van der Waals surface area contributed by atoms with E-state index in [0.29, 0.717) is 18.8 Å². The lowest BCUT2D eigenvalue weighted by Gasteiger charge is -2.13. The Morgan fingerprint density at radius 2 is 2.07 bits per heavy atom. The molecule has 0 saturated carbocycles. The zero-order valence-corrected chi connectivity index (χ0v) is 15.7. The zero-order valence-electron chi connectivity index (χ0n) is 14.1. The molecule has 1 aliphatic rings. The van der Waals surface area contributed by atoms with Crippen LogP contribution in [0.25, 0.3) is 0 Å². The third-order valence-electron chi connectivity index (χ3n) is 3.95. The van der Waals surface area contributed by atoms with Gasteiger partial charge in [0.1, 0.15) is 10.6 Å². The van der Waals surface area contributed by atoms with Crippen LogP contribution in [0.4, 0.5) is 5.69 Å². The van der Waals surface area contributed by atoms with Gasteiger partial charge in [0.25, 0.3) is 5.91 Å². The second-order valence-electron chi connectivity index (χ2n) is 5.83. The molecule has 1 saturated heterocycles. The number of H-pyrrole nitrogens is 1. The molecule has 1 amide bonds. The first-order chi connectivity index (χ1) is 12.9. The van der Waals surface area contributed by atoms with Gasteiger partial charge in [0.05, 0.1) is 5.69 Å². The van der Waals surface area contributed by atoms with E-state index in [1.807, 2.05) is 0 Å². The maximum atomic E-state index is 12.4. The van der Waals surface area contributed by atoms with Gasteiger partial charge in [-0.3, -0.25) is 4.79 Å². The van der Waals surface area contributed by atoms with E-state index in [4.69, 9.17) is 16.3 Å². The number of sulfonamides is 1. The van der Waals surface area contributed by atoms with Crippen molar-refractivity contribution in [3.63, 3.8) is 0 Å². The van der Waals surface area contributed by atoms with Crippen LogP contribution < -0.4 is 5.32 Å². The fourth-order valence-corrected chi connectivity index (χ4v) is 4.27. The van der Waals surface area contributed by atoms with E-state index in [0.717, 1.165) is 12.8 Å². The van der Waals surface area contributed by atoms with E-state index < -0.39 is 28.5 Å². The molecular weight excluding hydrogens is 396 g/mol. The minimum Gasteiger partial charge on any atom is -0.451 e. The molecule has 1 aliphatic heterocycles. The third-order valence-corrected chi connectivity index (χ3v) is 6.12. The van der Waals surface area contributed by atoms with Gasteiger partial charge >= 0.3 is 5.97 Å². The molecule has 1 fully saturated rings. The Hall–Kier alpha value is -2.43. The number of aromatic nitrogens is 2. The Bertz CT molecular complexity index is 953. The number of esters is 1. The number of hydrogen-bond acceptors (Lipinski definition) is 6. The number of hydrogen-bond donors (Lipinski definition) is 2. The van der Waals surface area contributed by atoms with Crippen molar-refractivity contribution >= 4 is 39.2 Å². The van der Waals surface area contributed by atoms with Crippen LogP contribution in [0.5, 0.6) is 0 Å². The summed E-state index contributed by atoms with van der Waals surface area (Å²) in [5.41, 5.74) is 0.235. The van der Waals surface area contributed by atoms with Crippen molar-refractivity contribution in [1.29, 1.82) is 0 Å². The Balaban J connectivity index is 1.58. The molecule has 3 rings (SSSR count). The molecule has 0 bridgehead atoms. The molecule has 0 unspecified atom stereocenters. The van der Waals surface area contributed by atoms with Gasteiger partial charge in [0, 0.05) is 25.5 Å². The first kappa shape index (κ1) is 19.3. The summed E-state index contributed by atoms with van der Waals surface area (Å²) in [6, 6.07) is 4.34. The van der Waals surface area contributed by atoms with Crippen LogP contribution in [0.3, 0.4) is 0 Å². The highest BCUT2D eigenvalue weighted by atomic mass is 35.5. The minimum absolute atomic E-state index is 0.0112. The number of rotatable bonds is 6. The molecule has 144 valence electrons. The summed E-state index contributed by atoms with van der Waals surface area (Å²) in [6.07, 6.45) is 4.33. The molecule has 2 aromatic heterocycles. The third kappa shape index (κ3) is 4.46. The monoisotopic (exact) mass is 412 g/mol. The zero-order chi connectivity index (χ0) is 19.4. The number of carbonyl (C=O) groups is 2. The van der Waals surface area contributed by atoms with Crippen molar-refractivity contribution < 1.29 is 22.7 Å². The lowest BCUT2D eigenvalue weighted by Crippen LogP contribution is -2.27.